The SMILES string of the molecule is CN(C(=O)CNC(=O)/C=C/c1ccc(S(C)(=O)=O)cc1)C1CCS(=O)(=O)C1. The minimum atomic E-state index is -3.27. The van der Waals surface area contributed by atoms with Gasteiger partial charge in [-0.2, -0.15) is 0 Å². The highest BCUT2D eigenvalue weighted by Crippen LogP contribution is 2.16. The van der Waals surface area contributed by atoms with E-state index in [0.717, 1.165) is 6.26 Å². The number of rotatable bonds is 6. The van der Waals surface area contributed by atoms with Gasteiger partial charge in [0.05, 0.1) is 22.9 Å². The first kappa shape index (κ1) is 21.1. The quantitative estimate of drug-likeness (QED) is 0.648. The zero-order chi connectivity index (χ0) is 20.2. The molecule has 27 heavy (non-hydrogen) atoms. The van der Waals surface area contributed by atoms with E-state index in [9.17, 15) is 26.4 Å². The van der Waals surface area contributed by atoms with Crippen molar-refractivity contribution in [3.63, 3.8) is 0 Å². The average molecular weight is 415 g/mol. The number of hydrogen-bond donors (Lipinski definition) is 1. The Bertz CT molecular complexity index is 950. The zero-order valence-electron chi connectivity index (χ0n) is 15.1. The fourth-order valence-electron chi connectivity index (χ4n) is 2.63. The van der Waals surface area contributed by atoms with Crippen LogP contribution in [0.2, 0.25) is 0 Å². The van der Waals surface area contributed by atoms with Crippen molar-refractivity contribution < 1.29 is 26.4 Å². The molecule has 0 aliphatic carbocycles. The van der Waals surface area contributed by atoms with E-state index >= 15 is 0 Å². The van der Waals surface area contributed by atoms with Gasteiger partial charge in [-0.15, -0.1) is 0 Å². The molecule has 1 aromatic carbocycles. The van der Waals surface area contributed by atoms with Gasteiger partial charge in [-0.1, -0.05) is 12.1 Å². The van der Waals surface area contributed by atoms with Crippen LogP contribution < -0.4 is 5.32 Å². The molecule has 1 fully saturated rings. The van der Waals surface area contributed by atoms with Gasteiger partial charge in [0.25, 0.3) is 0 Å². The fraction of sp³-hybridized carbons (Fsp3) is 0.412. The fourth-order valence-corrected chi connectivity index (χ4v) is 5.03. The molecule has 0 radical (unpaired) electrons. The summed E-state index contributed by atoms with van der Waals surface area (Å²) in [5.41, 5.74) is 0.636. The maximum atomic E-state index is 12.1. The lowest BCUT2D eigenvalue weighted by Crippen LogP contribution is -2.43. The summed E-state index contributed by atoms with van der Waals surface area (Å²) in [6.45, 7) is -0.233. The van der Waals surface area contributed by atoms with Crippen LogP contribution in [0.3, 0.4) is 0 Å². The summed E-state index contributed by atoms with van der Waals surface area (Å²) < 4.78 is 45.7. The van der Waals surface area contributed by atoms with Gasteiger partial charge in [-0.3, -0.25) is 9.59 Å². The number of amides is 2. The molecule has 0 saturated carbocycles. The number of likely N-dealkylation sites (N-methyl/N-ethyl adjacent to an activating group) is 1. The van der Waals surface area contributed by atoms with Crippen LogP contribution in [0.4, 0.5) is 0 Å². The normalized spacial score (nSPS) is 19.1. The largest absolute Gasteiger partial charge is 0.343 e. The molecule has 0 bridgehead atoms. The topological polar surface area (TPSA) is 118 Å². The first-order valence-corrected chi connectivity index (χ1v) is 11.9. The molecule has 2 rings (SSSR count). The molecule has 1 aromatic rings. The van der Waals surface area contributed by atoms with Crippen LogP contribution in [0.15, 0.2) is 35.2 Å². The molecule has 148 valence electrons. The highest BCUT2D eigenvalue weighted by molar-refractivity contribution is 7.91. The van der Waals surface area contributed by atoms with Gasteiger partial charge in [0.1, 0.15) is 0 Å². The predicted octanol–water partition coefficient (Wildman–Crippen LogP) is -0.135. The van der Waals surface area contributed by atoms with Crippen molar-refractivity contribution in [2.75, 3.05) is 31.4 Å². The molecule has 0 aromatic heterocycles. The molecule has 0 spiro atoms. The van der Waals surface area contributed by atoms with Crippen molar-refractivity contribution in [3.05, 3.63) is 35.9 Å². The van der Waals surface area contributed by atoms with E-state index in [1.165, 1.54) is 36.2 Å². The minimum absolute atomic E-state index is 0.0490. The van der Waals surface area contributed by atoms with Crippen LogP contribution in [0.1, 0.15) is 12.0 Å². The third kappa shape index (κ3) is 6.17. The average Bonchev–Trinajstić information content (AvgIpc) is 2.96. The number of sulfone groups is 2. The molecule has 2 amide bonds. The van der Waals surface area contributed by atoms with E-state index in [1.807, 2.05) is 0 Å². The molecule has 1 N–H and O–H groups in total. The van der Waals surface area contributed by atoms with Gasteiger partial charge in [0.2, 0.25) is 11.8 Å². The van der Waals surface area contributed by atoms with Gasteiger partial charge in [0.15, 0.2) is 19.7 Å². The number of hydrogen-bond acceptors (Lipinski definition) is 6. The summed E-state index contributed by atoms with van der Waals surface area (Å²) in [5.74, 6) is -0.825. The molecule has 1 atom stereocenters. The van der Waals surface area contributed by atoms with Crippen LogP contribution >= 0.6 is 0 Å². The van der Waals surface area contributed by atoms with Crippen molar-refractivity contribution in [2.24, 2.45) is 0 Å². The molecule has 8 nitrogen and oxygen atoms in total. The Hall–Kier alpha value is -2.20. The number of benzene rings is 1. The Labute approximate surface area is 159 Å². The van der Waals surface area contributed by atoms with Gasteiger partial charge in [0, 0.05) is 25.4 Å². The van der Waals surface area contributed by atoms with Crippen LogP contribution in [0.25, 0.3) is 6.08 Å². The van der Waals surface area contributed by atoms with Crippen molar-refractivity contribution in [1.82, 2.24) is 10.2 Å². The summed E-state index contributed by atoms with van der Waals surface area (Å²) in [7, 11) is -4.83. The summed E-state index contributed by atoms with van der Waals surface area (Å²) in [6.07, 6.45) is 4.25. The summed E-state index contributed by atoms with van der Waals surface area (Å²) >= 11 is 0. The molecule has 1 saturated heterocycles. The number of nitrogens with zero attached hydrogens (tertiary/aromatic N) is 1. The highest BCUT2D eigenvalue weighted by atomic mass is 32.2. The molecule has 10 heteroatoms. The Morgan fingerprint density at radius 1 is 1.26 bits per heavy atom. The molecular formula is C17H22N2O6S2. The smallest absolute Gasteiger partial charge is 0.244 e. The molecule has 1 heterocycles. The Kier molecular flexibility index (Phi) is 6.42. The van der Waals surface area contributed by atoms with E-state index in [2.05, 4.69) is 5.32 Å². The van der Waals surface area contributed by atoms with Crippen molar-refractivity contribution >= 4 is 37.6 Å². The van der Waals surface area contributed by atoms with Gasteiger partial charge < -0.3 is 10.2 Å². The molecular weight excluding hydrogens is 392 g/mol. The predicted molar refractivity (Wildman–Crippen MR) is 101 cm³/mol. The maximum absolute atomic E-state index is 12.1. The summed E-state index contributed by atoms with van der Waals surface area (Å²) in [4.78, 5) is 25.5. The van der Waals surface area contributed by atoms with Crippen LogP contribution in [-0.2, 0) is 29.3 Å². The number of carbonyl (C=O) groups excluding carboxylic acids is 2. The van der Waals surface area contributed by atoms with E-state index < -0.39 is 25.6 Å². The monoisotopic (exact) mass is 414 g/mol. The third-order valence-corrected chi connectivity index (χ3v) is 7.18. The lowest BCUT2D eigenvalue weighted by atomic mass is 10.2. The van der Waals surface area contributed by atoms with Crippen molar-refractivity contribution in [1.29, 1.82) is 0 Å². The lowest BCUT2D eigenvalue weighted by molar-refractivity contribution is -0.132. The van der Waals surface area contributed by atoms with E-state index in [-0.39, 0.29) is 34.9 Å². The first-order chi connectivity index (χ1) is 12.5. The van der Waals surface area contributed by atoms with E-state index in [0.29, 0.717) is 12.0 Å². The second-order valence-electron chi connectivity index (χ2n) is 6.45. The molecule has 1 aliphatic heterocycles. The third-order valence-electron chi connectivity index (χ3n) is 4.30. The van der Waals surface area contributed by atoms with Crippen LogP contribution in [-0.4, -0.2) is 70.9 Å². The standard InChI is InChI=1S/C17H22N2O6S2/c1-19(14-9-10-27(24,25)12-14)17(21)11-18-16(20)8-5-13-3-6-15(7-4-13)26(2,22)23/h3-8,14H,9-12H2,1-2H3,(H,18,20)/b8-5+. The van der Waals surface area contributed by atoms with E-state index in [4.69, 9.17) is 0 Å². The first-order valence-electron chi connectivity index (χ1n) is 8.20. The Morgan fingerprint density at radius 3 is 2.41 bits per heavy atom. The molecule has 1 aliphatic rings. The minimum Gasteiger partial charge on any atom is -0.343 e. The highest BCUT2D eigenvalue weighted by Gasteiger charge is 2.32. The van der Waals surface area contributed by atoms with Gasteiger partial charge >= 0.3 is 0 Å². The summed E-state index contributed by atoms with van der Waals surface area (Å²) in [6, 6.07) is 5.67. The van der Waals surface area contributed by atoms with Crippen molar-refractivity contribution in [3.8, 4) is 0 Å². The Morgan fingerprint density at radius 2 is 1.89 bits per heavy atom. The number of carbonyl (C=O) groups is 2. The molecule has 1 unspecified atom stereocenters. The zero-order valence-corrected chi connectivity index (χ0v) is 16.7. The maximum Gasteiger partial charge on any atom is 0.244 e. The van der Waals surface area contributed by atoms with Crippen LogP contribution in [0, 0.1) is 0 Å². The van der Waals surface area contributed by atoms with Crippen molar-refractivity contribution in [2.45, 2.75) is 17.4 Å². The van der Waals surface area contributed by atoms with Gasteiger partial charge in [-0.25, -0.2) is 16.8 Å². The van der Waals surface area contributed by atoms with E-state index in [1.54, 1.807) is 12.1 Å². The second-order valence-corrected chi connectivity index (χ2v) is 10.7. The second kappa shape index (κ2) is 8.22. The summed E-state index contributed by atoms with van der Waals surface area (Å²) in [5, 5.41) is 2.45. The number of nitrogens with one attached hydrogen (secondary N) is 1. The Balaban J connectivity index is 1.85. The lowest BCUT2D eigenvalue weighted by Gasteiger charge is -2.23. The van der Waals surface area contributed by atoms with Gasteiger partial charge in [-0.05, 0) is 30.2 Å². The van der Waals surface area contributed by atoms with Crippen LogP contribution in [0.5, 0.6) is 0 Å².